The molecule has 8 heteroatoms. The van der Waals surface area contributed by atoms with Crippen LogP contribution in [0.1, 0.15) is 60.9 Å². The van der Waals surface area contributed by atoms with Crippen LogP contribution in [0.5, 0.6) is 0 Å². The first-order chi connectivity index (χ1) is 21.4. The number of aromatic nitrogens is 1. The van der Waals surface area contributed by atoms with Crippen molar-refractivity contribution in [2.75, 3.05) is 5.75 Å². The first-order valence-corrected chi connectivity index (χ1v) is 17.0. The maximum absolute atomic E-state index is 14.2. The highest BCUT2D eigenvalue weighted by Crippen LogP contribution is 2.52. The van der Waals surface area contributed by atoms with E-state index in [1.165, 1.54) is 18.3 Å². The zero-order valence-corrected chi connectivity index (χ0v) is 26.8. The summed E-state index contributed by atoms with van der Waals surface area (Å²) >= 11 is 7.67. The molecule has 1 aromatic heterocycles. The Kier molecular flexibility index (Phi) is 9.71. The molecule has 0 radical (unpaired) electrons. The van der Waals surface area contributed by atoms with Crippen LogP contribution in [0.3, 0.4) is 0 Å². The molecule has 1 unspecified atom stereocenters. The highest BCUT2D eigenvalue weighted by Gasteiger charge is 2.46. The molecule has 1 atom stereocenters. The smallest absolute Gasteiger partial charge is 0.255 e. The second kappa shape index (κ2) is 13.4. The van der Waals surface area contributed by atoms with Crippen molar-refractivity contribution in [1.82, 2.24) is 4.98 Å². The lowest BCUT2D eigenvalue weighted by Gasteiger charge is -2.36. The van der Waals surface area contributed by atoms with Gasteiger partial charge in [0.15, 0.2) is 9.84 Å². The predicted molar refractivity (Wildman–Crippen MR) is 178 cm³/mol. The molecule has 1 aliphatic rings. The Morgan fingerprint density at radius 3 is 2.29 bits per heavy atom. The van der Waals surface area contributed by atoms with Crippen molar-refractivity contribution < 1.29 is 21.6 Å². The summed E-state index contributed by atoms with van der Waals surface area (Å²) in [7, 11) is -3.99. The summed E-state index contributed by atoms with van der Waals surface area (Å²) in [6.45, 7) is 4.21. The Bertz CT molecular complexity index is 1860. The van der Waals surface area contributed by atoms with Crippen molar-refractivity contribution in [3.63, 3.8) is 0 Å². The molecule has 234 valence electrons. The van der Waals surface area contributed by atoms with Gasteiger partial charge < -0.3 is 0 Å². The van der Waals surface area contributed by atoms with Gasteiger partial charge in [0, 0.05) is 18.0 Å². The lowest BCUT2D eigenvalue weighted by Crippen LogP contribution is -2.32. The molecule has 1 heterocycles. The molecule has 1 aliphatic carbocycles. The monoisotopic (exact) mass is 649 g/mol. The summed E-state index contributed by atoms with van der Waals surface area (Å²) in [5.74, 6) is 0.207. The van der Waals surface area contributed by atoms with E-state index < -0.39 is 26.5 Å². The largest absolute Gasteiger partial charge is 0.418 e. The number of fused-ring (bicyclic) bond motifs is 1. The van der Waals surface area contributed by atoms with Crippen LogP contribution in [0.15, 0.2) is 114 Å². The number of nitrogens with zero attached hydrogens (tertiary/aromatic N) is 1. The van der Waals surface area contributed by atoms with Crippen LogP contribution in [0.2, 0.25) is 0 Å². The van der Waals surface area contributed by atoms with Gasteiger partial charge in [0.05, 0.1) is 21.7 Å². The number of pyridine rings is 1. The average Bonchev–Trinajstić information content (AvgIpc) is 3.00. The van der Waals surface area contributed by atoms with Crippen molar-refractivity contribution >= 4 is 37.9 Å². The summed E-state index contributed by atoms with van der Waals surface area (Å²) in [5, 5.41) is 0.177. The topological polar surface area (TPSA) is 47.0 Å². The molecule has 4 aromatic rings. The van der Waals surface area contributed by atoms with Crippen LogP contribution in [0.4, 0.5) is 13.2 Å². The van der Waals surface area contributed by atoms with Crippen LogP contribution in [-0.2, 0) is 27.3 Å². The Morgan fingerprint density at radius 2 is 1.62 bits per heavy atom. The Morgan fingerprint density at radius 1 is 0.933 bits per heavy atom. The van der Waals surface area contributed by atoms with Crippen LogP contribution in [-0.4, -0.2) is 19.2 Å². The van der Waals surface area contributed by atoms with E-state index in [1.807, 2.05) is 66.7 Å². The Labute approximate surface area is 268 Å². The van der Waals surface area contributed by atoms with Gasteiger partial charge in [-0.15, -0.1) is 11.6 Å². The van der Waals surface area contributed by atoms with Crippen LogP contribution >= 0.6 is 11.6 Å². The van der Waals surface area contributed by atoms with Gasteiger partial charge in [-0.3, -0.25) is 4.98 Å². The first kappa shape index (κ1) is 32.7. The summed E-state index contributed by atoms with van der Waals surface area (Å²) in [6, 6.07) is 22.8. The summed E-state index contributed by atoms with van der Waals surface area (Å²) in [6.07, 6.45) is 5.56. The van der Waals surface area contributed by atoms with E-state index in [4.69, 9.17) is 11.6 Å². The number of alkyl halides is 4. The number of allylic oxidation sites excluding steroid dienone is 5. The normalized spacial score (nSPS) is 17.6. The van der Waals surface area contributed by atoms with E-state index in [0.29, 0.717) is 23.5 Å². The molecule has 0 saturated carbocycles. The lowest BCUT2D eigenvalue weighted by molar-refractivity contribution is -0.136. The quantitative estimate of drug-likeness (QED) is 0.127. The Balaban J connectivity index is 1.74. The van der Waals surface area contributed by atoms with Crippen LogP contribution in [0.25, 0.3) is 16.5 Å². The molecular weight excluding hydrogens is 615 g/mol. The van der Waals surface area contributed by atoms with Crippen molar-refractivity contribution in [2.24, 2.45) is 5.92 Å². The second-order valence-corrected chi connectivity index (χ2v) is 14.5. The van der Waals surface area contributed by atoms with E-state index in [2.05, 4.69) is 18.8 Å². The van der Waals surface area contributed by atoms with Gasteiger partial charge in [-0.05, 0) is 65.1 Å². The molecule has 45 heavy (non-hydrogen) atoms. The molecule has 0 spiro atoms. The molecule has 0 N–H and O–H groups in total. The third kappa shape index (κ3) is 7.26. The molecule has 0 bridgehead atoms. The lowest BCUT2D eigenvalue weighted by atomic mass is 9.80. The van der Waals surface area contributed by atoms with Crippen LogP contribution < -0.4 is 0 Å². The molecule has 3 aromatic carbocycles. The van der Waals surface area contributed by atoms with Crippen molar-refractivity contribution in [2.45, 2.75) is 50.6 Å². The number of hydrogen-bond donors (Lipinski definition) is 0. The third-order valence-electron chi connectivity index (χ3n) is 8.05. The number of sulfone groups is 1. The summed E-state index contributed by atoms with van der Waals surface area (Å²) in [5.41, 5.74) is 2.24. The zero-order valence-electron chi connectivity index (χ0n) is 25.2. The molecule has 0 amide bonds. The minimum atomic E-state index is -4.67. The standard InChI is InChI=1S/C37H35ClF3NO2S/c1-26(2)13-6-5-11-22-45(43,44)33-21-20-29(28-16-9-4-10-17-28)24-36(33,38)34-30(23-27-14-7-3-8-15-27)25-42-35-31(34)18-12-19-32(35)37(39,40)41/h3-5,7-12,14-21,25-26H,6,13,22-24H2,1-2H3. The van der Waals surface area contributed by atoms with Gasteiger partial charge in [-0.2, -0.15) is 13.2 Å². The maximum Gasteiger partial charge on any atom is 0.418 e. The number of benzene rings is 3. The number of para-hydroxylation sites is 1. The maximum atomic E-state index is 14.2. The van der Waals surface area contributed by atoms with Gasteiger partial charge in [0.1, 0.15) is 4.87 Å². The van der Waals surface area contributed by atoms with Gasteiger partial charge in [0.2, 0.25) is 0 Å². The van der Waals surface area contributed by atoms with E-state index in [1.54, 1.807) is 18.2 Å². The van der Waals surface area contributed by atoms with Gasteiger partial charge >= 0.3 is 6.18 Å². The van der Waals surface area contributed by atoms with E-state index >= 15 is 0 Å². The van der Waals surface area contributed by atoms with Crippen molar-refractivity contribution in [3.8, 4) is 0 Å². The number of rotatable bonds is 10. The van der Waals surface area contributed by atoms with Gasteiger partial charge in [0.25, 0.3) is 0 Å². The molecular formula is C37H35ClF3NO2S. The second-order valence-electron chi connectivity index (χ2n) is 11.8. The first-order valence-electron chi connectivity index (χ1n) is 15.0. The number of hydrogen-bond acceptors (Lipinski definition) is 3. The fourth-order valence-corrected chi connectivity index (χ4v) is 8.17. The van der Waals surface area contributed by atoms with Crippen molar-refractivity contribution in [3.05, 3.63) is 142 Å². The fourth-order valence-electron chi connectivity index (χ4n) is 5.87. The highest BCUT2D eigenvalue weighted by atomic mass is 35.5. The highest BCUT2D eigenvalue weighted by molar-refractivity contribution is 7.95. The summed E-state index contributed by atoms with van der Waals surface area (Å²) in [4.78, 5) is 2.56. The van der Waals surface area contributed by atoms with Crippen LogP contribution in [0, 0.1) is 5.92 Å². The molecule has 5 rings (SSSR count). The molecule has 0 fully saturated rings. The van der Waals surface area contributed by atoms with Gasteiger partial charge in [-0.25, -0.2) is 8.42 Å². The average molecular weight is 650 g/mol. The molecule has 0 saturated heterocycles. The summed E-state index contributed by atoms with van der Waals surface area (Å²) < 4.78 is 71.0. The minimum Gasteiger partial charge on any atom is -0.255 e. The predicted octanol–water partition coefficient (Wildman–Crippen LogP) is 10.1. The third-order valence-corrected chi connectivity index (χ3v) is 10.5. The SMILES string of the molecule is CC(C)CCC=CCS(=O)(=O)C1=CC=C(c2ccccc2)CC1(Cl)c1c(Cc2ccccc2)cnc2c(C(F)(F)F)cccc12. The molecule has 3 nitrogen and oxygen atoms in total. The Hall–Kier alpha value is -3.68. The van der Waals surface area contributed by atoms with E-state index in [9.17, 15) is 21.6 Å². The number of halogens is 4. The van der Waals surface area contributed by atoms with E-state index in [-0.39, 0.29) is 28.0 Å². The fraction of sp³-hybridized carbons (Fsp3) is 0.270. The van der Waals surface area contributed by atoms with E-state index in [0.717, 1.165) is 35.6 Å². The zero-order chi connectivity index (χ0) is 32.2. The van der Waals surface area contributed by atoms with Crippen molar-refractivity contribution in [1.29, 1.82) is 0 Å². The minimum absolute atomic E-state index is 0.0379. The van der Waals surface area contributed by atoms with Gasteiger partial charge in [-0.1, -0.05) is 105 Å². The molecule has 0 aliphatic heterocycles.